The van der Waals surface area contributed by atoms with Crippen LogP contribution in [0.4, 0.5) is 4.39 Å². The van der Waals surface area contributed by atoms with E-state index < -0.39 is 5.41 Å². The largest absolute Gasteiger partial charge is 0.497 e. The summed E-state index contributed by atoms with van der Waals surface area (Å²) in [6, 6.07) is 14.7. The highest BCUT2D eigenvalue weighted by Gasteiger charge is 2.53. The predicted molar refractivity (Wildman–Crippen MR) is 103 cm³/mol. The molecule has 142 valence electrons. The maximum atomic E-state index is 13.2. The van der Waals surface area contributed by atoms with E-state index in [1.165, 1.54) is 17.7 Å². The quantitative estimate of drug-likeness (QED) is 0.786. The lowest BCUT2D eigenvalue weighted by Gasteiger charge is -2.34. The van der Waals surface area contributed by atoms with Crippen molar-refractivity contribution < 1.29 is 13.9 Å². The van der Waals surface area contributed by atoms with Crippen molar-refractivity contribution in [1.29, 1.82) is 0 Å². The maximum Gasteiger partial charge on any atom is 0.233 e. The molecule has 0 spiro atoms. The summed E-state index contributed by atoms with van der Waals surface area (Å²) in [5.41, 5.74) is 1.90. The smallest absolute Gasteiger partial charge is 0.233 e. The Labute approximate surface area is 160 Å². The molecule has 0 atom stereocenters. The Morgan fingerprint density at radius 1 is 1.07 bits per heavy atom. The zero-order valence-electron chi connectivity index (χ0n) is 15.8. The summed E-state index contributed by atoms with van der Waals surface area (Å²) in [6.07, 6.45) is 4.89. The van der Waals surface area contributed by atoms with Crippen LogP contribution in [0.15, 0.2) is 48.5 Å². The number of halogens is 1. The lowest BCUT2D eigenvalue weighted by atomic mass is 9.88. The van der Waals surface area contributed by atoms with E-state index in [-0.39, 0.29) is 11.7 Å². The molecule has 0 aromatic heterocycles. The molecular formula is C23H26FNO2. The number of piperidine rings is 1. The Morgan fingerprint density at radius 3 is 2.26 bits per heavy atom. The molecule has 2 aromatic rings. The number of methoxy groups -OCH3 is 1. The van der Waals surface area contributed by atoms with Crippen LogP contribution < -0.4 is 4.74 Å². The topological polar surface area (TPSA) is 29.5 Å². The lowest BCUT2D eigenvalue weighted by Crippen LogP contribution is -2.44. The standard InChI is InChI=1S/C23H26FNO2/c1-27-21-8-2-17(3-9-21)16-18-10-14-25(15-11-18)22(26)23(12-13-23)19-4-6-20(24)7-5-19/h2-9,18H,10-16H2,1H3. The van der Waals surface area contributed by atoms with Crippen LogP contribution in [-0.2, 0) is 16.6 Å². The lowest BCUT2D eigenvalue weighted by molar-refractivity contribution is -0.135. The highest BCUT2D eigenvalue weighted by molar-refractivity contribution is 5.91. The fraction of sp³-hybridized carbons (Fsp3) is 0.435. The van der Waals surface area contributed by atoms with Gasteiger partial charge in [0, 0.05) is 13.1 Å². The first-order valence-corrected chi connectivity index (χ1v) is 9.79. The average molecular weight is 367 g/mol. The van der Waals surface area contributed by atoms with Crippen LogP contribution in [0.25, 0.3) is 0 Å². The summed E-state index contributed by atoms with van der Waals surface area (Å²) in [4.78, 5) is 15.2. The van der Waals surface area contributed by atoms with E-state index in [4.69, 9.17) is 4.74 Å². The monoisotopic (exact) mass is 367 g/mol. The van der Waals surface area contributed by atoms with Gasteiger partial charge in [0.15, 0.2) is 0 Å². The molecule has 0 N–H and O–H groups in total. The summed E-state index contributed by atoms with van der Waals surface area (Å²) < 4.78 is 18.4. The molecule has 1 saturated carbocycles. The molecule has 1 aliphatic heterocycles. The van der Waals surface area contributed by atoms with Gasteiger partial charge in [0.2, 0.25) is 5.91 Å². The minimum atomic E-state index is -0.392. The summed E-state index contributed by atoms with van der Waals surface area (Å²) in [5.74, 6) is 1.48. The third-order valence-corrected chi connectivity index (χ3v) is 6.14. The number of benzene rings is 2. The van der Waals surface area contributed by atoms with Crippen molar-refractivity contribution in [3.05, 3.63) is 65.5 Å². The van der Waals surface area contributed by atoms with Crippen molar-refractivity contribution in [2.45, 2.75) is 37.5 Å². The van der Waals surface area contributed by atoms with Crippen LogP contribution in [0.2, 0.25) is 0 Å². The molecule has 1 heterocycles. The van der Waals surface area contributed by atoms with E-state index in [9.17, 15) is 9.18 Å². The summed E-state index contributed by atoms with van der Waals surface area (Å²) in [7, 11) is 1.68. The Kier molecular flexibility index (Phi) is 4.90. The molecule has 4 heteroatoms. The zero-order chi connectivity index (χ0) is 18.9. The van der Waals surface area contributed by atoms with E-state index in [0.29, 0.717) is 5.92 Å². The van der Waals surface area contributed by atoms with Crippen molar-refractivity contribution in [3.63, 3.8) is 0 Å². The summed E-state index contributed by atoms with van der Waals surface area (Å²) in [5, 5.41) is 0. The minimum Gasteiger partial charge on any atom is -0.497 e. The van der Waals surface area contributed by atoms with E-state index in [0.717, 1.165) is 56.5 Å². The first kappa shape index (κ1) is 18.0. The van der Waals surface area contributed by atoms with Crippen molar-refractivity contribution in [2.24, 2.45) is 5.92 Å². The van der Waals surface area contributed by atoms with Crippen LogP contribution in [0, 0.1) is 11.7 Å². The van der Waals surface area contributed by atoms with Gasteiger partial charge in [-0.05, 0) is 73.4 Å². The number of ether oxygens (including phenoxy) is 1. The Morgan fingerprint density at radius 2 is 1.70 bits per heavy atom. The van der Waals surface area contributed by atoms with Gasteiger partial charge in [-0.2, -0.15) is 0 Å². The minimum absolute atomic E-state index is 0.233. The van der Waals surface area contributed by atoms with Crippen molar-refractivity contribution >= 4 is 5.91 Å². The second-order valence-electron chi connectivity index (χ2n) is 7.88. The third-order valence-electron chi connectivity index (χ3n) is 6.14. The van der Waals surface area contributed by atoms with Crippen LogP contribution in [-0.4, -0.2) is 31.0 Å². The molecule has 1 saturated heterocycles. The van der Waals surface area contributed by atoms with Crippen LogP contribution in [0.3, 0.4) is 0 Å². The average Bonchev–Trinajstić information content (AvgIpc) is 3.51. The van der Waals surface area contributed by atoms with Crippen molar-refractivity contribution in [3.8, 4) is 5.75 Å². The number of nitrogens with zero attached hydrogens (tertiary/aromatic N) is 1. The number of carbonyl (C=O) groups excluding carboxylic acids is 1. The SMILES string of the molecule is COc1ccc(CC2CCN(C(=O)C3(c4ccc(F)cc4)CC3)CC2)cc1. The van der Waals surface area contributed by atoms with Gasteiger partial charge in [-0.3, -0.25) is 4.79 Å². The van der Waals surface area contributed by atoms with Crippen LogP contribution >= 0.6 is 0 Å². The molecule has 2 aliphatic rings. The molecular weight excluding hydrogens is 341 g/mol. The van der Waals surface area contributed by atoms with Gasteiger partial charge in [-0.15, -0.1) is 0 Å². The second-order valence-corrected chi connectivity index (χ2v) is 7.88. The molecule has 0 unspecified atom stereocenters. The first-order valence-electron chi connectivity index (χ1n) is 9.79. The van der Waals surface area contributed by atoms with Gasteiger partial charge in [0.1, 0.15) is 11.6 Å². The Balaban J connectivity index is 1.34. The molecule has 1 aliphatic carbocycles. The molecule has 2 fully saturated rings. The van der Waals surface area contributed by atoms with Gasteiger partial charge in [0.05, 0.1) is 12.5 Å². The second kappa shape index (κ2) is 7.34. The van der Waals surface area contributed by atoms with E-state index >= 15 is 0 Å². The van der Waals surface area contributed by atoms with Gasteiger partial charge in [0.25, 0.3) is 0 Å². The fourth-order valence-corrected chi connectivity index (χ4v) is 4.26. The van der Waals surface area contributed by atoms with E-state index in [2.05, 4.69) is 12.1 Å². The third kappa shape index (κ3) is 3.71. The number of amides is 1. The molecule has 0 radical (unpaired) electrons. The van der Waals surface area contributed by atoms with Gasteiger partial charge >= 0.3 is 0 Å². The summed E-state index contributed by atoms with van der Waals surface area (Å²) >= 11 is 0. The molecule has 0 bridgehead atoms. The van der Waals surface area contributed by atoms with Crippen molar-refractivity contribution in [2.75, 3.05) is 20.2 Å². The van der Waals surface area contributed by atoms with Crippen LogP contribution in [0.1, 0.15) is 36.8 Å². The first-order chi connectivity index (χ1) is 13.1. The van der Waals surface area contributed by atoms with Gasteiger partial charge in [-0.25, -0.2) is 4.39 Å². The van der Waals surface area contributed by atoms with E-state index in [1.54, 1.807) is 19.2 Å². The Bertz CT molecular complexity index is 788. The molecule has 3 nitrogen and oxygen atoms in total. The predicted octanol–water partition coefficient (Wildman–Crippen LogP) is 4.35. The normalized spacial score (nSPS) is 19.0. The highest BCUT2D eigenvalue weighted by Crippen LogP contribution is 2.50. The molecule has 27 heavy (non-hydrogen) atoms. The van der Waals surface area contributed by atoms with Crippen molar-refractivity contribution in [1.82, 2.24) is 4.90 Å². The molecule has 1 amide bonds. The number of carbonyl (C=O) groups is 1. The number of rotatable bonds is 5. The van der Waals surface area contributed by atoms with Gasteiger partial charge in [-0.1, -0.05) is 24.3 Å². The van der Waals surface area contributed by atoms with Crippen LogP contribution in [0.5, 0.6) is 5.75 Å². The fourth-order valence-electron chi connectivity index (χ4n) is 4.26. The Hall–Kier alpha value is -2.36. The number of hydrogen-bond acceptors (Lipinski definition) is 2. The number of likely N-dealkylation sites (tertiary alicyclic amines) is 1. The summed E-state index contributed by atoms with van der Waals surface area (Å²) in [6.45, 7) is 1.64. The van der Waals surface area contributed by atoms with Gasteiger partial charge < -0.3 is 9.64 Å². The number of hydrogen-bond donors (Lipinski definition) is 0. The highest BCUT2D eigenvalue weighted by atomic mass is 19.1. The maximum absolute atomic E-state index is 13.2. The molecule has 2 aromatic carbocycles. The zero-order valence-corrected chi connectivity index (χ0v) is 15.8. The van der Waals surface area contributed by atoms with E-state index in [1.807, 2.05) is 17.0 Å². The molecule has 4 rings (SSSR count).